The Morgan fingerprint density at radius 2 is 1.94 bits per heavy atom. The molecule has 34 heavy (non-hydrogen) atoms. The Morgan fingerprint density at radius 3 is 2.59 bits per heavy atom. The standard InChI is InChI=1S/C24H27ClF2N2O4S/c1-14-22(4-3-9-29(14)13-16-7-8-17(26)10-20(16)25)33-23-12-21(27)19(11-18(23)15-5-6-15)24(30)28-34(2,31)32/h7-8,10-12,14-15,22H,3-6,9,13H2,1-2H3,(H,28,30)/t14-,22-/m1/s1. The van der Waals surface area contributed by atoms with Gasteiger partial charge in [-0.15, -0.1) is 0 Å². The predicted molar refractivity (Wildman–Crippen MR) is 126 cm³/mol. The van der Waals surface area contributed by atoms with Crippen LogP contribution in [0.1, 0.15) is 60.0 Å². The molecule has 2 fully saturated rings. The number of hydrogen-bond donors (Lipinski definition) is 1. The highest BCUT2D eigenvalue weighted by Crippen LogP contribution is 2.46. The summed E-state index contributed by atoms with van der Waals surface area (Å²) in [7, 11) is -3.82. The van der Waals surface area contributed by atoms with Crippen molar-refractivity contribution in [2.45, 2.75) is 57.2 Å². The zero-order chi connectivity index (χ0) is 24.6. The first kappa shape index (κ1) is 24.9. The first-order valence-corrected chi connectivity index (χ1v) is 13.5. The van der Waals surface area contributed by atoms with Crippen molar-refractivity contribution in [1.82, 2.24) is 9.62 Å². The smallest absolute Gasteiger partial charge is 0.267 e. The van der Waals surface area contributed by atoms with Gasteiger partial charge < -0.3 is 4.74 Å². The molecule has 1 aliphatic heterocycles. The van der Waals surface area contributed by atoms with Crippen molar-refractivity contribution >= 4 is 27.5 Å². The van der Waals surface area contributed by atoms with E-state index in [0.29, 0.717) is 22.9 Å². The summed E-state index contributed by atoms with van der Waals surface area (Å²) in [5.41, 5.74) is 1.22. The Kier molecular flexibility index (Phi) is 7.17. The number of nitrogens with one attached hydrogen (secondary N) is 1. The first-order chi connectivity index (χ1) is 16.0. The van der Waals surface area contributed by atoms with E-state index in [4.69, 9.17) is 16.3 Å². The SMILES string of the molecule is C[C@@H]1[C@H](Oc2cc(F)c(C(=O)NS(C)(=O)=O)cc2C2CC2)CCCN1Cc1ccc(F)cc1Cl. The largest absolute Gasteiger partial charge is 0.488 e. The molecular weight excluding hydrogens is 486 g/mol. The molecule has 0 unspecified atom stereocenters. The van der Waals surface area contributed by atoms with Gasteiger partial charge in [0.2, 0.25) is 10.0 Å². The third-order valence-electron chi connectivity index (χ3n) is 6.35. The Labute approximate surface area is 203 Å². The van der Waals surface area contributed by atoms with Gasteiger partial charge in [-0.05, 0) is 74.4 Å². The molecule has 0 aromatic heterocycles. The number of rotatable bonds is 7. The van der Waals surface area contributed by atoms with Crippen LogP contribution in [0.3, 0.4) is 0 Å². The quantitative estimate of drug-likeness (QED) is 0.586. The molecule has 1 saturated carbocycles. The number of hydrogen-bond acceptors (Lipinski definition) is 5. The molecule has 1 N–H and O–H groups in total. The molecule has 1 heterocycles. The van der Waals surface area contributed by atoms with E-state index in [-0.39, 0.29) is 29.4 Å². The summed E-state index contributed by atoms with van der Waals surface area (Å²) >= 11 is 6.21. The first-order valence-electron chi connectivity index (χ1n) is 11.2. The minimum atomic E-state index is -3.82. The average molecular weight is 513 g/mol. The lowest BCUT2D eigenvalue weighted by atomic mass is 9.98. The van der Waals surface area contributed by atoms with Gasteiger partial charge in [0.05, 0.1) is 11.8 Å². The van der Waals surface area contributed by atoms with E-state index in [0.717, 1.165) is 44.0 Å². The second kappa shape index (κ2) is 9.79. The molecule has 0 bridgehead atoms. The van der Waals surface area contributed by atoms with Crippen LogP contribution in [-0.4, -0.2) is 44.2 Å². The minimum Gasteiger partial charge on any atom is -0.488 e. The molecule has 1 saturated heterocycles. The van der Waals surface area contributed by atoms with Gasteiger partial charge in [0.15, 0.2) is 0 Å². The Bertz CT molecular complexity index is 1200. The van der Waals surface area contributed by atoms with Crippen LogP contribution in [0.5, 0.6) is 5.75 Å². The topological polar surface area (TPSA) is 75.7 Å². The zero-order valence-corrected chi connectivity index (χ0v) is 20.6. The summed E-state index contributed by atoms with van der Waals surface area (Å²) in [5, 5.41) is 0.372. The lowest BCUT2D eigenvalue weighted by Crippen LogP contribution is -2.48. The Hall–Kier alpha value is -2.23. The van der Waals surface area contributed by atoms with Crippen molar-refractivity contribution in [1.29, 1.82) is 0 Å². The highest BCUT2D eigenvalue weighted by molar-refractivity contribution is 7.89. The fraction of sp³-hybridized carbons (Fsp3) is 0.458. The molecule has 1 amide bonds. The van der Waals surface area contributed by atoms with Crippen molar-refractivity contribution < 1.29 is 26.7 Å². The van der Waals surface area contributed by atoms with E-state index in [1.807, 2.05) is 11.6 Å². The van der Waals surface area contributed by atoms with Gasteiger partial charge in [0.25, 0.3) is 5.91 Å². The molecule has 1 aliphatic carbocycles. The third kappa shape index (κ3) is 5.87. The van der Waals surface area contributed by atoms with Gasteiger partial charge in [-0.25, -0.2) is 21.9 Å². The predicted octanol–water partition coefficient (Wildman–Crippen LogP) is 4.62. The summed E-state index contributed by atoms with van der Waals surface area (Å²) in [6, 6.07) is 6.94. The molecule has 0 radical (unpaired) electrons. The molecule has 2 aliphatic rings. The fourth-order valence-electron chi connectivity index (χ4n) is 4.37. The maximum atomic E-state index is 14.8. The highest BCUT2D eigenvalue weighted by Gasteiger charge is 2.34. The van der Waals surface area contributed by atoms with Crippen LogP contribution in [0.2, 0.25) is 5.02 Å². The number of sulfonamides is 1. The van der Waals surface area contributed by atoms with Crippen LogP contribution in [0.4, 0.5) is 8.78 Å². The lowest BCUT2D eigenvalue weighted by molar-refractivity contribution is 0.0307. The summed E-state index contributed by atoms with van der Waals surface area (Å²) in [5.74, 6) is -1.69. The van der Waals surface area contributed by atoms with Gasteiger partial charge in [0.1, 0.15) is 23.5 Å². The molecule has 4 rings (SSSR count). The number of piperidine rings is 1. The summed E-state index contributed by atoms with van der Waals surface area (Å²) < 4.78 is 59.2. The van der Waals surface area contributed by atoms with Crippen molar-refractivity contribution in [2.75, 3.05) is 12.8 Å². The molecule has 6 nitrogen and oxygen atoms in total. The van der Waals surface area contributed by atoms with E-state index in [9.17, 15) is 22.0 Å². The van der Waals surface area contributed by atoms with Crippen molar-refractivity contribution in [2.24, 2.45) is 0 Å². The number of carbonyl (C=O) groups excluding carboxylic acids is 1. The fourth-order valence-corrected chi connectivity index (χ4v) is 5.05. The summed E-state index contributed by atoms with van der Waals surface area (Å²) in [4.78, 5) is 14.5. The number of nitrogens with zero attached hydrogens (tertiary/aromatic N) is 1. The number of ether oxygens (including phenoxy) is 1. The number of likely N-dealkylation sites (tertiary alicyclic amines) is 1. The maximum absolute atomic E-state index is 14.8. The molecule has 184 valence electrons. The van der Waals surface area contributed by atoms with Gasteiger partial charge in [-0.3, -0.25) is 9.69 Å². The van der Waals surface area contributed by atoms with Gasteiger partial charge in [-0.2, -0.15) is 0 Å². The summed E-state index contributed by atoms with van der Waals surface area (Å²) in [6.45, 7) is 3.39. The second-order valence-electron chi connectivity index (χ2n) is 9.09. The Balaban J connectivity index is 1.54. The van der Waals surface area contributed by atoms with E-state index in [1.54, 1.807) is 6.07 Å². The van der Waals surface area contributed by atoms with Crippen LogP contribution in [0.25, 0.3) is 0 Å². The normalized spacial score (nSPS) is 21.3. The maximum Gasteiger partial charge on any atom is 0.267 e. The van der Waals surface area contributed by atoms with Crippen LogP contribution >= 0.6 is 11.6 Å². The van der Waals surface area contributed by atoms with Crippen LogP contribution in [0, 0.1) is 11.6 Å². The average Bonchev–Trinajstić information content (AvgIpc) is 3.57. The second-order valence-corrected chi connectivity index (χ2v) is 11.2. The number of halogens is 3. The van der Waals surface area contributed by atoms with Crippen LogP contribution in [0.15, 0.2) is 30.3 Å². The minimum absolute atomic E-state index is 0.0156. The highest BCUT2D eigenvalue weighted by atomic mass is 35.5. The van der Waals surface area contributed by atoms with Gasteiger partial charge in [-0.1, -0.05) is 17.7 Å². The van der Waals surface area contributed by atoms with Crippen molar-refractivity contribution in [3.63, 3.8) is 0 Å². The summed E-state index contributed by atoms with van der Waals surface area (Å²) in [6.07, 6.45) is 4.05. The Morgan fingerprint density at radius 1 is 1.21 bits per heavy atom. The van der Waals surface area contributed by atoms with Crippen molar-refractivity contribution in [3.8, 4) is 5.75 Å². The van der Waals surface area contributed by atoms with E-state index in [1.165, 1.54) is 24.3 Å². The lowest BCUT2D eigenvalue weighted by Gasteiger charge is -2.39. The van der Waals surface area contributed by atoms with E-state index >= 15 is 0 Å². The van der Waals surface area contributed by atoms with Crippen LogP contribution in [-0.2, 0) is 16.6 Å². The molecule has 2 atom stereocenters. The van der Waals surface area contributed by atoms with Crippen LogP contribution < -0.4 is 9.46 Å². The van der Waals surface area contributed by atoms with E-state index in [2.05, 4.69) is 4.90 Å². The van der Waals surface area contributed by atoms with E-state index < -0.39 is 21.7 Å². The van der Waals surface area contributed by atoms with Crippen molar-refractivity contribution in [3.05, 3.63) is 63.7 Å². The molecule has 2 aromatic rings. The monoisotopic (exact) mass is 512 g/mol. The van der Waals surface area contributed by atoms with Gasteiger partial charge >= 0.3 is 0 Å². The number of carbonyl (C=O) groups is 1. The molecular formula is C24H27ClF2N2O4S. The number of benzene rings is 2. The molecule has 10 heteroatoms. The molecule has 0 spiro atoms. The van der Waals surface area contributed by atoms with Gasteiger partial charge in [0, 0.05) is 23.7 Å². The molecule has 2 aromatic carbocycles. The zero-order valence-electron chi connectivity index (χ0n) is 19.0. The number of amides is 1. The third-order valence-corrected chi connectivity index (χ3v) is 7.26.